The Bertz CT molecular complexity index is 1010. The molecule has 0 aliphatic carbocycles. The lowest BCUT2D eigenvalue weighted by Gasteiger charge is -2.12. The lowest BCUT2D eigenvalue weighted by Crippen LogP contribution is -2.27. The first-order valence-corrected chi connectivity index (χ1v) is 10.2. The fourth-order valence-electron chi connectivity index (χ4n) is 2.71. The molecule has 3 amide bonds. The van der Waals surface area contributed by atoms with Crippen molar-refractivity contribution >= 4 is 46.5 Å². The molecule has 0 atom stereocenters. The number of imide groups is 1. The molecular formula is C21H19ClN2O5S. The smallest absolute Gasteiger partial charge is 0.293 e. The van der Waals surface area contributed by atoms with Crippen LogP contribution in [0.5, 0.6) is 11.5 Å². The topological polar surface area (TPSA) is 98.9 Å². The third kappa shape index (κ3) is 5.34. The van der Waals surface area contributed by atoms with Crippen LogP contribution < -0.4 is 15.2 Å². The van der Waals surface area contributed by atoms with Gasteiger partial charge in [-0.05, 0) is 60.2 Å². The molecule has 1 aliphatic rings. The van der Waals surface area contributed by atoms with Crippen molar-refractivity contribution in [1.29, 1.82) is 0 Å². The third-order valence-electron chi connectivity index (χ3n) is 4.06. The number of primary amides is 1. The molecule has 0 aromatic heterocycles. The van der Waals surface area contributed by atoms with Gasteiger partial charge in [0.25, 0.3) is 17.1 Å². The van der Waals surface area contributed by atoms with Crippen LogP contribution in [0.15, 0.2) is 47.4 Å². The maximum Gasteiger partial charge on any atom is 0.293 e. The second-order valence-electron chi connectivity index (χ2n) is 6.29. The average molecular weight is 447 g/mol. The van der Waals surface area contributed by atoms with E-state index in [1.807, 2.05) is 6.92 Å². The van der Waals surface area contributed by atoms with Crippen LogP contribution in [0.2, 0.25) is 5.02 Å². The van der Waals surface area contributed by atoms with Crippen LogP contribution in [0.1, 0.15) is 18.1 Å². The monoisotopic (exact) mass is 446 g/mol. The minimum absolute atomic E-state index is 0.170. The van der Waals surface area contributed by atoms with E-state index in [0.717, 1.165) is 17.3 Å². The van der Waals surface area contributed by atoms with Crippen LogP contribution in [0.4, 0.5) is 4.79 Å². The SMILES string of the molecule is CCOc1cc(/C=C2/SC(=O)N(Cc3ccc(Cl)cc3)C2=O)ccc1OCC(N)=O. The van der Waals surface area contributed by atoms with Gasteiger partial charge in [0.05, 0.1) is 18.1 Å². The Kier molecular flexibility index (Phi) is 7.02. The fourth-order valence-corrected chi connectivity index (χ4v) is 3.68. The van der Waals surface area contributed by atoms with Crippen molar-refractivity contribution < 1.29 is 23.9 Å². The highest BCUT2D eigenvalue weighted by atomic mass is 35.5. The molecule has 3 rings (SSSR count). The number of benzene rings is 2. The van der Waals surface area contributed by atoms with Gasteiger partial charge < -0.3 is 15.2 Å². The molecular weight excluding hydrogens is 428 g/mol. The van der Waals surface area contributed by atoms with Crippen LogP contribution in [-0.2, 0) is 16.1 Å². The lowest BCUT2D eigenvalue weighted by atomic mass is 10.1. The molecule has 0 bridgehead atoms. The van der Waals surface area contributed by atoms with Crippen LogP contribution in [0, 0.1) is 0 Å². The zero-order valence-corrected chi connectivity index (χ0v) is 17.7. The highest BCUT2D eigenvalue weighted by Crippen LogP contribution is 2.35. The second-order valence-corrected chi connectivity index (χ2v) is 7.72. The first-order chi connectivity index (χ1) is 14.4. The number of hydrogen-bond acceptors (Lipinski definition) is 6. The van der Waals surface area contributed by atoms with Crippen molar-refractivity contribution in [3.63, 3.8) is 0 Å². The van der Waals surface area contributed by atoms with Gasteiger partial charge in [0, 0.05) is 5.02 Å². The van der Waals surface area contributed by atoms with Gasteiger partial charge in [-0.25, -0.2) is 0 Å². The lowest BCUT2D eigenvalue weighted by molar-refractivity contribution is -0.123. The Hall–Kier alpha value is -2.97. The summed E-state index contributed by atoms with van der Waals surface area (Å²) in [6.45, 7) is 2.09. The fraction of sp³-hybridized carbons (Fsp3) is 0.190. The first-order valence-electron chi connectivity index (χ1n) is 9.05. The normalized spacial score (nSPS) is 15.0. The third-order valence-corrected chi connectivity index (χ3v) is 5.22. The Labute approximate surface area is 182 Å². The van der Waals surface area contributed by atoms with Crippen molar-refractivity contribution in [3.8, 4) is 11.5 Å². The van der Waals surface area contributed by atoms with Gasteiger partial charge >= 0.3 is 0 Å². The van der Waals surface area contributed by atoms with E-state index < -0.39 is 5.91 Å². The van der Waals surface area contributed by atoms with Crippen LogP contribution in [-0.4, -0.2) is 35.2 Å². The van der Waals surface area contributed by atoms with Gasteiger partial charge in [0.15, 0.2) is 18.1 Å². The number of halogens is 1. The minimum Gasteiger partial charge on any atom is -0.490 e. The minimum atomic E-state index is -0.601. The van der Waals surface area contributed by atoms with Gasteiger partial charge in [-0.2, -0.15) is 0 Å². The highest BCUT2D eigenvalue weighted by molar-refractivity contribution is 8.18. The molecule has 0 unspecified atom stereocenters. The molecule has 2 aromatic rings. The number of rotatable bonds is 8. The van der Waals surface area contributed by atoms with E-state index in [4.69, 9.17) is 26.8 Å². The Balaban J connectivity index is 1.79. The van der Waals surface area contributed by atoms with E-state index >= 15 is 0 Å². The summed E-state index contributed by atoms with van der Waals surface area (Å²) in [5.74, 6) is -0.195. The van der Waals surface area contributed by atoms with Gasteiger partial charge in [-0.3, -0.25) is 19.3 Å². The van der Waals surface area contributed by atoms with E-state index in [0.29, 0.717) is 33.6 Å². The van der Waals surface area contributed by atoms with Crippen molar-refractivity contribution in [2.75, 3.05) is 13.2 Å². The summed E-state index contributed by atoms with van der Waals surface area (Å²) in [4.78, 5) is 37.5. The number of nitrogens with zero attached hydrogens (tertiary/aromatic N) is 1. The zero-order chi connectivity index (χ0) is 21.7. The zero-order valence-electron chi connectivity index (χ0n) is 16.1. The number of amides is 3. The van der Waals surface area contributed by atoms with E-state index in [-0.39, 0.29) is 24.3 Å². The van der Waals surface area contributed by atoms with Crippen molar-refractivity contribution in [3.05, 3.63) is 63.5 Å². The molecule has 1 saturated heterocycles. The molecule has 2 aromatic carbocycles. The van der Waals surface area contributed by atoms with E-state index in [9.17, 15) is 14.4 Å². The molecule has 1 aliphatic heterocycles. The molecule has 30 heavy (non-hydrogen) atoms. The van der Waals surface area contributed by atoms with E-state index in [1.54, 1.807) is 48.5 Å². The molecule has 0 spiro atoms. The molecule has 7 nitrogen and oxygen atoms in total. The second kappa shape index (κ2) is 9.69. The van der Waals surface area contributed by atoms with Gasteiger partial charge in [0.2, 0.25) is 0 Å². The van der Waals surface area contributed by atoms with E-state index in [1.165, 1.54) is 4.90 Å². The number of carbonyl (C=O) groups is 3. The molecule has 9 heteroatoms. The van der Waals surface area contributed by atoms with Crippen LogP contribution in [0.3, 0.4) is 0 Å². The van der Waals surface area contributed by atoms with Gasteiger partial charge in [0.1, 0.15) is 0 Å². The molecule has 2 N–H and O–H groups in total. The number of nitrogens with two attached hydrogens (primary N) is 1. The summed E-state index contributed by atoms with van der Waals surface area (Å²) in [6, 6.07) is 12.0. The largest absolute Gasteiger partial charge is 0.490 e. The van der Waals surface area contributed by atoms with Crippen molar-refractivity contribution in [2.45, 2.75) is 13.5 Å². The predicted octanol–water partition coefficient (Wildman–Crippen LogP) is 3.84. The average Bonchev–Trinajstić information content (AvgIpc) is 2.96. The molecule has 156 valence electrons. The molecule has 1 fully saturated rings. The summed E-state index contributed by atoms with van der Waals surface area (Å²) >= 11 is 6.75. The molecule has 1 heterocycles. The van der Waals surface area contributed by atoms with E-state index in [2.05, 4.69) is 0 Å². The quantitative estimate of drug-likeness (QED) is 0.618. The Morgan fingerprint density at radius 3 is 2.53 bits per heavy atom. The van der Waals surface area contributed by atoms with Gasteiger partial charge in [-0.15, -0.1) is 0 Å². The van der Waals surface area contributed by atoms with Gasteiger partial charge in [-0.1, -0.05) is 29.8 Å². The highest BCUT2D eigenvalue weighted by Gasteiger charge is 2.35. The summed E-state index contributed by atoms with van der Waals surface area (Å²) in [5.41, 5.74) is 6.57. The molecule has 0 saturated carbocycles. The maximum absolute atomic E-state index is 12.7. The summed E-state index contributed by atoms with van der Waals surface area (Å²) < 4.78 is 10.9. The maximum atomic E-state index is 12.7. The van der Waals surface area contributed by atoms with Crippen LogP contribution >= 0.6 is 23.4 Å². The number of hydrogen-bond donors (Lipinski definition) is 1. The van der Waals surface area contributed by atoms with Crippen molar-refractivity contribution in [2.24, 2.45) is 5.73 Å². The summed E-state index contributed by atoms with van der Waals surface area (Å²) in [5, 5.41) is 0.244. The summed E-state index contributed by atoms with van der Waals surface area (Å²) in [6.07, 6.45) is 1.62. The standard InChI is InChI=1S/C21H19ClN2O5S/c1-2-28-17-9-14(5-8-16(17)29-12-19(23)25)10-18-20(26)24(21(27)30-18)11-13-3-6-15(22)7-4-13/h3-10H,2,11-12H2,1H3,(H2,23,25)/b18-10+. The Morgan fingerprint density at radius 1 is 1.13 bits per heavy atom. The van der Waals surface area contributed by atoms with Crippen LogP contribution in [0.25, 0.3) is 6.08 Å². The summed E-state index contributed by atoms with van der Waals surface area (Å²) in [7, 11) is 0. The Morgan fingerprint density at radius 2 is 1.87 bits per heavy atom. The predicted molar refractivity (Wildman–Crippen MR) is 115 cm³/mol. The number of carbonyl (C=O) groups excluding carboxylic acids is 3. The first kappa shape index (κ1) is 21.7. The molecule has 0 radical (unpaired) electrons. The number of ether oxygens (including phenoxy) is 2. The number of thioether (sulfide) groups is 1. The van der Waals surface area contributed by atoms with Crippen molar-refractivity contribution in [1.82, 2.24) is 4.90 Å².